The number of aryl methyl sites for hydroxylation is 2. The highest BCUT2D eigenvalue weighted by molar-refractivity contribution is 6.36. The number of benzene rings is 7. The van der Waals surface area contributed by atoms with Gasteiger partial charge in [0.1, 0.15) is 0 Å². The van der Waals surface area contributed by atoms with E-state index in [1.807, 2.05) is 19.1 Å². The van der Waals surface area contributed by atoms with Crippen molar-refractivity contribution in [1.82, 2.24) is 9.55 Å². The molecule has 0 radical (unpaired) electrons. The van der Waals surface area contributed by atoms with Crippen molar-refractivity contribution in [1.29, 1.82) is 0 Å². The van der Waals surface area contributed by atoms with Crippen LogP contribution in [0.5, 0.6) is 0 Å². The minimum absolute atomic E-state index is 0.709. The summed E-state index contributed by atoms with van der Waals surface area (Å²) in [5.74, 6) is 0.709. The summed E-state index contributed by atoms with van der Waals surface area (Å²) in [5.41, 5.74) is 14.2. The number of fused-ring (bicyclic) bond motifs is 10. The Balaban J connectivity index is 0.000000200. The molecule has 9 rings (SSSR count). The lowest BCUT2D eigenvalue weighted by atomic mass is 9.99. The van der Waals surface area contributed by atoms with Crippen molar-refractivity contribution < 1.29 is 0 Å². The molecule has 292 valence electrons. The number of hydrogen-bond donors (Lipinski definition) is 1. The second-order valence-electron chi connectivity index (χ2n) is 15.3. The minimum atomic E-state index is 0.709. The van der Waals surface area contributed by atoms with Gasteiger partial charge in [0.15, 0.2) is 0 Å². The van der Waals surface area contributed by atoms with Crippen LogP contribution in [0, 0.1) is 13.8 Å². The molecule has 0 bridgehead atoms. The first kappa shape index (κ1) is 41.3. The molecule has 2 aromatic heterocycles. The van der Waals surface area contributed by atoms with Crippen LogP contribution in [-0.4, -0.2) is 9.55 Å². The monoisotopic (exact) mass is 758 g/mol. The summed E-state index contributed by atoms with van der Waals surface area (Å²) >= 11 is 0. The van der Waals surface area contributed by atoms with Gasteiger partial charge in [0.05, 0.1) is 16.6 Å². The second-order valence-corrected chi connectivity index (χ2v) is 15.3. The summed E-state index contributed by atoms with van der Waals surface area (Å²) in [6.45, 7) is 20.7. The molecule has 0 amide bonds. The maximum Gasteiger partial charge on any atom is 0.0627 e. The molecule has 7 aromatic carbocycles. The van der Waals surface area contributed by atoms with Crippen molar-refractivity contribution in [2.45, 2.75) is 67.7 Å². The van der Waals surface area contributed by atoms with Crippen molar-refractivity contribution >= 4 is 60.0 Å². The molecule has 0 saturated heterocycles. The van der Waals surface area contributed by atoms with E-state index in [-0.39, 0.29) is 0 Å². The van der Waals surface area contributed by atoms with Crippen molar-refractivity contribution in [3.63, 3.8) is 0 Å². The van der Waals surface area contributed by atoms with Gasteiger partial charge in [-0.15, -0.1) is 0 Å². The van der Waals surface area contributed by atoms with E-state index in [0.717, 1.165) is 0 Å². The highest BCUT2D eigenvalue weighted by Gasteiger charge is 2.21. The summed E-state index contributed by atoms with van der Waals surface area (Å²) in [6, 6.07) is 54.3. The lowest BCUT2D eigenvalue weighted by Gasteiger charge is -2.12. The number of para-hydroxylation sites is 2. The van der Waals surface area contributed by atoms with Gasteiger partial charge in [-0.1, -0.05) is 172 Å². The predicted octanol–water partition coefficient (Wildman–Crippen LogP) is 16.6. The second kappa shape index (κ2) is 19.2. The molecule has 2 heterocycles. The van der Waals surface area contributed by atoms with Crippen LogP contribution in [0.2, 0.25) is 0 Å². The smallest absolute Gasteiger partial charge is 0.0627 e. The number of nitrogens with one attached hydrogen (secondary N) is 1. The van der Waals surface area contributed by atoms with E-state index in [4.69, 9.17) is 0 Å². The summed E-state index contributed by atoms with van der Waals surface area (Å²) in [7, 11) is 0. The van der Waals surface area contributed by atoms with E-state index < -0.39 is 0 Å². The molecule has 1 atom stereocenters. The standard InChI is InChI=1S/C33H26N2.C10H14.C8H10.C5H8/c1-20(2)21(3)22-16-18-23(19-17-22)35-29-15-9-7-13-27(29)31-30-26-12-6-8-14-28(26)34-32(30)24-10-4-5-11-25(24)33(31)35;1-3-9(2)10-7-5-4-6-8-10;1-7-5-3-4-6-8(7)2;1-3-5-4-2/h4-19,34H,1-3H3;4-9H,3H2,1-2H3;3-6H,1-2H3;3-5H,1H2,2H3/b;;;5-4-. The number of aromatic nitrogens is 2. The highest BCUT2D eigenvalue weighted by atomic mass is 15.0. The quantitative estimate of drug-likeness (QED) is 0.169. The Morgan fingerprint density at radius 2 is 1.19 bits per heavy atom. The number of allylic oxidation sites excluding steroid dienone is 5. The van der Waals surface area contributed by atoms with Gasteiger partial charge in [0.2, 0.25) is 0 Å². The number of nitrogens with zero attached hydrogens (tertiary/aromatic N) is 1. The number of aromatic amines is 1. The Morgan fingerprint density at radius 3 is 1.76 bits per heavy atom. The zero-order chi connectivity index (χ0) is 41.2. The van der Waals surface area contributed by atoms with Crippen molar-refractivity contribution in [3.05, 3.63) is 204 Å². The Bertz CT molecular complexity index is 2820. The third-order valence-electron chi connectivity index (χ3n) is 11.3. The predicted molar refractivity (Wildman–Crippen MR) is 258 cm³/mol. The maximum atomic E-state index is 3.74. The van der Waals surface area contributed by atoms with Gasteiger partial charge >= 0.3 is 0 Å². The fourth-order valence-corrected chi connectivity index (χ4v) is 7.49. The third kappa shape index (κ3) is 8.77. The van der Waals surface area contributed by atoms with Crippen LogP contribution in [0.3, 0.4) is 0 Å². The van der Waals surface area contributed by atoms with Gasteiger partial charge in [-0.3, -0.25) is 0 Å². The topological polar surface area (TPSA) is 20.7 Å². The van der Waals surface area contributed by atoms with Crippen molar-refractivity contribution in [3.8, 4) is 5.69 Å². The molecular weight excluding hydrogens is 701 g/mol. The zero-order valence-electron chi connectivity index (χ0n) is 35.6. The Morgan fingerprint density at radius 1 is 0.638 bits per heavy atom. The lowest BCUT2D eigenvalue weighted by Crippen LogP contribution is -1.95. The van der Waals surface area contributed by atoms with E-state index in [0.29, 0.717) is 5.92 Å². The molecule has 9 aromatic rings. The average molecular weight is 759 g/mol. The molecular formula is C56H58N2. The fourth-order valence-electron chi connectivity index (χ4n) is 7.49. The van der Waals surface area contributed by atoms with E-state index >= 15 is 0 Å². The van der Waals surface area contributed by atoms with Crippen molar-refractivity contribution in [2.75, 3.05) is 0 Å². The third-order valence-corrected chi connectivity index (χ3v) is 11.3. The highest BCUT2D eigenvalue weighted by Crippen LogP contribution is 2.44. The van der Waals surface area contributed by atoms with Crippen LogP contribution in [0.25, 0.3) is 65.6 Å². The Labute approximate surface area is 345 Å². The molecule has 1 N–H and O–H groups in total. The van der Waals surface area contributed by atoms with Gasteiger partial charge < -0.3 is 9.55 Å². The van der Waals surface area contributed by atoms with Gasteiger partial charge in [0, 0.05) is 43.5 Å². The molecule has 0 fully saturated rings. The minimum Gasteiger partial charge on any atom is -0.354 e. The van der Waals surface area contributed by atoms with E-state index in [1.54, 1.807) is 6.08 Å². The number of H-pyrrole nitrogens is 1. The largest absolute Gasteiger partial charge is 0.354 e. The maximum absolute atomic E-state index is 3.74. The van der Waals surface area contributed by atoms with Gasteiger partial charge in [0.25, 0.3) is 0 Å². The van der Waals surface area contributed by atoms with Crippen LogP contribution >= 0.6 is 0 Å². The van der Waals surface area contributed by atoms with E-state index in [1.165, 1.54) is 99.9 Å². The molecule has 2 heteroatoms. The molecule has 0 saturated carbocycles. The van der Waals surface area contributed by atoms with E-state index in [9.17, 15) is 0 Å². The van der Waals surface area contributed by atoms with Crippen LogP contribution in [-0.2, 0) is 0 Å². The first-order chi connectivity index (χ1) is 28.2. The van der Waals surface area contributed by atoms with Crippen LogP contribution in [0.1, 0.15) is 76.1 Å². The summed E-state index contributed by atoms with van der Waals surface area (Å²) in [5, 5.41) is 7.70. The van der Waals surface area contributed by atoms with Crippen LogP contribution in [0.15, 0.2) is 182 Å². The first-order valence-electron chi connectivity index (χ1n) is 20.6. The summed E-state index contributed by atoms with van der Waals surface area (Å²) < 4.78 is 2.45. The van der Waals surface area contributed by atoms with Crippen LogP contribution in [0.4, 0.5) is 0 Å². The Hall–Kier alpha value is -6.38. The fraction of sp³-hybridized carbons (Fsp3) is 0.179. The molecule has 0 aliphatic carbocycles. The first-order valence-corrected chi connectivity index (χ1v) is 20.6. The zero-order valence-corrected chi connectivity index (χ0v) is 35.6. The van der Waals surface area contributed by atoms with Crippen LogP contribution < -0.4 is 0 Å². The SMILES string of the molecule is C=C/C=C\C.CC(C)=C(C)c1ccc(-n2c3ccccc3c3c4c5ccccc5[nH]c4c4ccccc4c32)cc1.CCC(C)c1ccccc1.Cc1ccccc1C. The molecule has 0 aliphatic heterocycles. The molecule has 1 unspecified atom stereocenters. The molecule has 58 heavy (non-hydrogen) atoms. The van der Waals surface area contributed by atoms with Gasteiger partial charge in [-0.2, -0.15) is 0 Å². The number of rotatable bonds is 5. The molecule has 0 spiro atoms. The summed E-state index contributed by atoms with van der Waals surface area (Å²) in [4.78, 5) is 3.74. The normalized spacial score (nSPS) is 11.4. The van der Waals surface area contributed by atoms with E-state index in [2.05, 4.69) is 216 Å². The van der Waals surface area contributed by atoms with Crippen molar-refractivity contribution in [2.24, 2.45) is 0 Å². The van der Waals surface area contributed by atoms with Gasteiger partial charge in [-0.05, 0) is 106 Å². The lowest BCUT2D eigenvalue weighted by molar-refractivity contribution is 0.733. The number of hydrogen-bond acceptors (Lipinski definition) is 0. The molecule has 2 nitrogen and oxygen atoms in total. The Kier molecular flexibility index (Phi) is 13.6. The van der Waals surface area contributed by atoms with Gasteiger partial charge in [-0.25, -0.2) is 0 Å². The summed E-state index contributed by atoms with van der Waals surface area (Å²) in [6.07, 6.45) is 6.80. The average Bonchev–Trinajstić information content (AvgIpc) is 3.82. The molecule has 0 aliphatic rings.